The molecule has 26 heavy (non-hydrogen) atoms. The fourth-order valence-electron chi connectivity index (χ4n) is 3.83. The molecule has 2 aromatic carbocycles. The van der Waals surface area contributed by atoms with Gasteiger partial charge in [0, 0.05) is 43.7 Å². The van der Waals surface area contributed by atoms with Gasteiger partial charge in [0.2, 0.25) is 0 Å². The van der Waals surface area contributed by atoms with E-state index in [4.69, 9.17) is 0 Å². The highest BCUT2D eigenvalue weighted by Gasteiger charge is 2.27. The Kier molecular flexibility index (Phi) is 4.54. The highest BCUT2D eigenvalue weighted by Crippen LogP contribution is 2.33. The zero-order chi connectivity index (χ0) is 17.9. The molecule has 5 heteroatoms. The Morgan fingerprint density at radius 3 is 2.65 bits per heavy atom. The molecule has 1 aliphatic heterocycles. The van der Waals surface area contributed by atoms with Crippen molar-refractivity contribution in [2.75, 3.05) is 6.54 Å². The summed E-state index contributed by atoms with van der Waals surface area (Å²) in [7, 11) is 0. The molecule has 0 fully saturated rings. The Balaban J connectivity index is 1.71. The maximum atomic E-state index is 11.1. The lowest BCUT2D eigenvalue weighted by molar-refractivity contribution is -0.384. The molecule has 1 aromatic heterocycles. The molecule has 4 rings (SSSR count). The average Bonchev–Trinajstić information content (AvgIpc) is 3.04. The molecular formula is C21H21N3O2. The molecule has 0 radical (unpaired) electrons. The van der Waals surface area contributed by atoms with Crippen LogP contribution in [-0.4, -0.2) is 20.9 Å². The second-order valence-corrected chi connectivity index (χ2v) is 6.69. The third-order valence-electron chi connectivity index (χ3n) is 4.98. The largest absolute Gasteiger partial charge is 0.350 e. The van der Waals surface area contributed by atoms with Gasteiger partial charge in [-0.2, -0.15) is 0 Å². The number of nitrogens with zero attached hydrogens (tertiary/aromatic N) is 3. The summed E-state index contributed by atoms with van der Waals surface area (Å²) >= 11 is 0. The van der Waals surface area contributed by atoms with Gasteiger partial charge in [-0.1, -0.05) is 42.5 Å². The van der Waals surface area contributed by atoms with Crippen LogP contribution in [0, 0.1) is 10.1 Å². The summed E-state index contributed by atoms with van der Waals surface area (Å²) in [6.07, 6.45) is 3.20. The van der Waals surface area contributed by atoms with Gasteiger partial charge in [-0.15, -0.1) is 0 Å². The van der Waals surface area contributed by atoms with E-state index >= 15 is 0 Å². The first-order valence-electron chi connectivity index (χ1n) is 8.90. The first kappa shape index (κ1) is 16.5. The average molecular weight is 347 g/mol. The predicted molar refractivity (Wildman–Crippen MR) is 101 cm³/mol. The van der Waals surface area contributed by atoms with Crippen molar-refractivity contribution >= 4 is 5.69 Å². The van der Waals surface area contributed by atoms with Gasteiger partial charge in [-0.25, -0.2) is 0 Å². The number of rotatable bonds is 4. The number of nitro groups is 1. The van der Waals surface area contributed by atoms with Gasteiger partial charge in [0.25, 0.3) is 5.69 Å². The molecule has 0 amide bonds. The molecule has 1 aliphatic rings. The van der Waals surface area contributed by atoms with E-state index in [1.54, 1.807) is 18.2 Å². The molecule has 0 saturated heterocycles. The van der Waals surface area contributed by atoms with E-state index < -0.39 is 0 Å². The number of nitro benzene ring substituents is 1. The number of hydrogen-bond donors (Lipinski definition) is 0. The van der Waals surface area contributed by atoms with Gasteiger partial charge in [0.1, 0.15) is 0 Å². The molecule has 2 heterocycles. The molecule has 1 atom stereocenters. The molecule has 0 spiro atoms. The lowest BCUT2D eigenvalue weighted by Crippen LogP contribution is -2.29. The number of non-ortho nitro benzene ring substituents is 1. The Morgan fingerprint density at radius 1 is 1.00 bits per heavy atom. The van der Waals surface area contributed by atoms with Gasteiger partial charge in [0.15, 0.2) is 0 Å². The number of benzene rings is 2. The van der Waals surface area contributed by atoms with E-state index in [1.165, 1.54) is 11.3 Å². The third kappa shape index (κ3) is 3.26. The quantitative estimate of drug-likeness (QED) is 0.519. The van der Waals surface area contributed by atoms with Crippen molar-refractivity contribution in [3.8, 4) is 0 Å². The molecule has 0 N–H and O–H groups in total. The number of hydrogen-bond acceptors (Lipinski definition) is 3. The van der Waals surface area contributed by atoms with Gasteiger partial charge in [0.05, 0.1) is 11.0 Å². The second-order valence-electron chi connectivity index (χ2n) is 6.69. The number of aromatic nitrogens is 1. The maximum absolute atomic E-state index is 11.1. The van der Waals surface area contributed by atoms with E-state index in [0.717, 1.165) is 25.1 Å². The first-order valence-corrected chi connectivity index (χ1v) is 8.90. The number of aryl methyl sites for hydroxylation is 1. The van der Waals surface area contributed by atoms with Crippen molar-refractivity contribution in [2.24, 2.45) is 0 Å². The Morgan fingerprint density at radius 2 is 1.85 bits per heavy atom. The van der Waals surface area contributed by atoms with E-state index in [-0.39, 0.29) is 16.7 Å². The van der Waals surface area contributed by atoms with Crippen molar-refractivity contribution in [3.05, 3.63) is 99.9 Å². The fraction of sp³-hybridized carbons (Fsp3) is 0.238. The summed E-state index contributed by atoms with van der Waals surface area (Å²) in [6.45, 7) is 2.63. The summed E-state index contributed by atoms with van der Waals surface area (Å²) in [6, 6.07) is 21.9. The predicted octanol–water partition coefficient (Wildman–Crippen LogP) is 4.39. The van der Waals surface area contributed by atoms with E-state index in [2.05, 4.69) is 52.1 Å². The Hall–Kier alpha value is -2.92. The van der Waals surface area contributed by atoms with E-state index in [9.17, 15) is 10.1 Å². The Bertz CT molecular complexity index is 904. The minimum Gasteiger partial charge on any atom is -0.350 e. The SMILES string of the molecule is O=[N+]([O-])c1cccc(CN2CCCn3cccc3[C@@H]2c2ccccc2)c1. The smallest absolute Gasteiger partial charge is 0.269 e. The van der Waals surface area contributed by atoms with Crippen LogP contribution >= 0.6 is 0 Å². The monoisotopic (exact) mass is 347 g/mol. The summed E-state index contributed by atoms with van der Waals surface area (Å²) in [5.74, 6) is 0. The fourth-order valence-corrected chi connectivity index (χ4v) is 3.83. The lowest BCUT2D eigenvalue weighted by atomic mass is 10.0. The third-order valence-corrected chi connectivity index (χ3v) is 4.98. The molecule has 0 saturated carbocycles. The van der Waals surface area contributed by atoms with E-state index in [1.807, 2.05) is 12.1 Å². The van der Waals surface area contributed by atoms with Crippen LogP contribution in [0.2, 0.25) is 0 Å². The van der Waals surface area contributed by atoms with Gasteiger partial charge >= 0.3 is 0 Å². The topological polar surface area (TPSA) is 51.3 Å². The standard InChI is InChI=1S/C21H21N3O2/c25-24(26)19-10-4-7-17(15-19)16-23-14-6-13-22-12-5-11-20(22)21(23)18-8-2-1-3-9-18/h1-5,7-12,15,21H,6,13-14,16H2/t21-/m0/s1. The number of fused-ring (bicyclic) bond motifs is 1. The van der Waals surface area contributed by atoms with Gasteiger partial charge in [-0.3, -0.25) is 15.0 Å². The van der Waals surface area contributed by atoms with Crippen LogP contribution < -0.4 is 0 Å². The van der Waals surface area contributed by atoms with E-state index in [0.29, 0.717) is 6.54 Å². The normalized spacial score (nSPS) is 17.5. The zero-order valence-corrected chi connectivity index (χ0v) is 14.5. The van der Waals surface area contributed by atoms with Crippen LogP contribution in [0.5, 0.6) is 0 Å². The molecule has 5 nitrogen and oxygen atoms in total. The van der Waals surface area contributed by atoms with Crippen molar-refractivity contribution in [1.29, 1.82) is 0 Å². The van der Waals surface area contributed by atoms with Crippen LogP contribution in [0.1, 0.15) is 29.3 Å². The second kappa shape index (κ2) is 7.14. The molecule has 3 aromatic rings. The minimum absolute atomic E-state index is 0.146. The summed E-state index contributed by atoms with van der Waals surface area (Å²) in [5, 5.41) is 11.1. The summed E-state index contributed by atoms with van der Waals surface area (Å²) in [5.41, 5.74) is 3.65. The zero-order valence-electron chi connectivity index (χ0n) is 14.5. The molecule has 0 aliphatic carbocycles. The van der Waals surface area contributed by atoms with Crippen molar-refractivity contribution in [3.63, 3.8) is 0 Å². The van der Waals surface area contributed by atoms with Crippen LogP contribution in [0.25, 0.3) is 0 Å². The summed E-state index contributed by atoms with van der Waals surface area (Å²) in [4.78, 5) is 13.2. The van der Waals surface area contributed by atoms with Crippen LogP contribution in [0.15, 0.2) is 72.9 Å². The first-order chi connectivity index (χ1) is 12.7. The molecular weight excluding hydrogens is 326 g/mol. The maximum Gasteiger partial charge on any atom is 0.269 e. The Labute approximate surface area is 152 Å². The van der Waals surface area contributed by atoms with Gasteiger partial charge < -0.3 is 4.57 Å². The minimum atomic E-state index is -0.328. The molecule has 0 unspecified atom stereocenters. The van der Waals surface area contributed by atoms with Crippen LogP contribution in [0.3, 0.4) is 0 Å². The molecule has 132 valence electrons. The lowest BCUT2D eigenvalue weighted by Gasteiger charge is -2.30. The van der Waals surface area contributed by atoms with Crippen molar-refractivity contribution in [1.82, 2.24) is 9.47 Å². The summed E-state index contributed by atoms with van der Waals surface area (Å²) < 4.78 is 2.32. The van der Waals surface area contributed by atoms with Crippen molar-refractivity contribution in [2.45, 2.75) is 25.6 Å². The highest BCUT2D eigenvalue weighted by molar-refractivity contribution is 5.35. The molecule has 0 bridgehead atoms. The van der Waals surface area contributed by atoms with Crippen LogP contribution in [-0.2, 0) is 13.1 Å². The highest BCUT2D eigenvalue weighted by atomic mass is 16.6. The van der Waals surface area contributed by atoms with Crippen LogP contribution in [0.4, 0.5) is 5.69 Å². The van der Waals surface area contributed by atoms with Crippen molar-refractivity contribution < 1.29 is 4.92 Å². The van der Waals surface area contributed by atoms with Gasteiger partial charge in [-0.05, 0) is 29.7 Å².